The summed E-state index contributed by atoms with van der Waals surface area (Å²) in [6.45, 7) is 4.59. The predicted molar refractivity (Wildman–Crippen MR) is 77.4 cm³/mol. The second-order valence-electron chi connectivity index (χ2n) is 4.48. The Bertz CT molecular complexity index is 554. The summed E-state index contributed by atoms with van der Waals surface area (Å²) in [6.07, 6.45) is 0. The zero-order chi connectivity index (χ0) is 15.3. The van der Waals surface area contributed by atoms with E-state index < -0.39 is 21.9 Å². The van der Waals surface area contributed by atoms with Gasteiger partial charge in [-0.25, -0.2) is 13.1 Å². The Kier molecular flexibility index (Phi) is 5.52. The highest BCUT2D eigenvalue weighted by molar-refractivity contribution is 7.89. The van der Waals surface area contributed by atoms with Gasteiger partial charge in [-0.2, -0.15) is 0 Å². The van der Waals surface area contributed by atoms with Crippen LogP contribution < -0.4 is 9.62 Å². The quantitative estimate of drug-likeness (QED) is 0.788. The fourth-order valence-electron chi connectivity index (χ4n) is 1.78. The van der Waals surface area contributed by atoms with Crippen molar-refractivity contribution in [2.24, 2.45) is 5.92 Å². The van der Waals surface area contributed by atoms with Gasteiger partial charge in [-0.3, -0.25) is 4.79 Å². The van der Waals surface area contributed by atoms with Crippen molar-refractivity contribution in [1.82, 2.24) is 4.72 Å². The minimum absolute atomic E-state index is 0.186. The molecule has 1 atom stereocenters. The maximum Gasteiger partial charge on any atom is 0.308 e. The number of hydrogen-bond acceptors (Lipinski definition) is 4. The molecule has 0 saturated heterocycles. The second kappa shape index (κ2) is 6.71. The molecular weight excluding hydrogens is 280 g/mol. The Morgan fingerprint density at radius 3 is 2.30 bits per heavy atom. The summed E-state index contributed by atoms with van der Waals surface area (Å²) in [5, 5.41) is 8.94. The molecule has 0 amide bonds. The molecule has 2 N–H and O–H groups in total. The third kappa shape index (κ3) is 3.94. The van der Waals surface area contributed by atoms with E-state index in [1.54, 1.807) is 19.1 Å². The molecule has 20 heavy (non-hydrogen) atoms. The predicted octanol–water partition coefficient (Wildman–Crippen LogP) is 1.14. The van der Waals surface area contributed by atoms with Crippen LogP contribution in [0.1, 0.15) is 13.8 Å². The molecule has 0 fully saturated rings. The second-order valence-corrected chi connectivity index (χ2v) is 6.37. The van der Waals surface area contributed by atoms with Crippen LogP contribution in [0, 0.1) is 5.92 Å². The smallest absolute Gasteiger partial charge is 0.308 e. The van der Waals surface area contributed by atoms with E-state index in [4.69, 9.17) is 5.11 Å². The first-order chi connectivity index (χ1) is 9.31. The van der Waals surface area contributed by atoms with Gasteiger partial charge in [0.2, 0.25) is 10.0 Å². The van der Waals surface area contributed by atoms with Crippen molar-refractivity contribution >= 4 is 21.7 Å². The summed E-state index contributed by atoms with van der Waals surface area (Å²) < 4.78 is 25.5. The van der Waals surface area contributed by atoms with E-state index in [1.165, 1.54) is 19.2 Å². The van der Waals surface area contributed by atoms with Crippen molar-refractivity contribution < 1.29 is 18.3 Å². The first-order valence-corrected chi connectivity index (χ1v) is 7.81. The number of aliphatic carboxylic acids is 1. The molecule has 1 unspecified atom stereocenters. The van der Waals surface area contributed by atoms with Gasteiger partial charge in [-0.1, -0.05) is 6.92 Å². The minimum atomic E-state index is -3.45. The lowest BCUT2D eigenvalue weighted by Crippen LogP contribution is -2.31. The number of nitrogens with zero attached hydrogens (tertiary/aromatic N) is 1. The lowest BCUT2D eigenvalue weighted by Gasteiger charge is -2.25. The van der Waals surface area contributed by atoms with Crippen molar-refractivity contribution in [3.05, 3.63) is 24.3 Å². The maximum atomic E-state index is 11.6. The van der Waals surface area contributed by atoms with Gasteiger partial charge in [0.05, 0.1) is 10.8 Å². The first kappa shape index (κ1) is 16.5. The molecule has 1 rings (SSSR count). The number of carboxylic acids is 1. The molecule has 0 aromatic heterocycles. The zero-order valence-corrected chi connectivity index (χ0v) is 12.6. The van der Waals surface area contributed by atoms with Crippen LogP contribution in [0.15, 0.2) is 29.2 Å². The number of benzene rings is 1. The Morgan fingerprint density at radius 1 is 1.35 bits per heavy atom. The maximum absolute atomic E-state index is 11.6. The lowest BCUT2D eigenvalue weighted by atomic mass is 10.1. The zero-order valence-electron chi connectivity index (χ0n) is 11.8. The average Bonchev–Trinajstić information content (AvgIpc) is 2.44. The van der Waals surface area contributed by atoms with E-state index in [0.29, 0.717) is 13.1 Å². The Hall–Kier alpha value is -1.60. The topological polar surface area (TPSA) is 86.7 Å². The largest absolute Gasteiger partial charge is 0.481 e. The molecule has 0 spiro atoms. The SMILES string of the molecule is CCN(CC(C)C(=O)O)c1ccc(S(=O)(=O)NC)cc1. The number of carbonyl (C=O) groups is 1. The molecule has 1 aromatic carbocycles. The van der Waals surface area contributed by atoms with Crippen LogP contribution in [0.3, 0.4) is 0 Å². The normalized spacial score (nSPS) is 12.9. The summed E-state index contributed by atoms with van der Waals surface area (Å²) >= 11 is 0. The van der Waals surface area contributed by atoms with Crippen LogP contribution >= 0.6 is 0 Å². The molecular formula is C13H20N2O4S. The van der Waals surface area contributed by atoms with Gasteiger partial charge in [0.25, 0.3) is 0 Å². The molecule has 6 nitrogen and oxygen atoms in total. The van der Waals surface area contributed by atoms with Crippen LogP contribution in [-0.4, -0.2) is 39.6 Å². The van der Waals surface area contributed by atoms with Gasteiger partial charge >= 0.3 is 5.97 Å². The molecule has 0 saturated carbocycles. The highest BCUT2D eigenvalue weighted by atomic mass is 32.2. The average molecular weight is 300 g/mol. The van der Waals surface area contributed by atoms with Crippen molar-refractivity contribution in [3.63, 3.8) is 0 Å². The number of sulfonamides is 1. The van der Waals surface area contributed by atoms with Gasteiger partial charge < -0.3 is 10.0 Å². The van der Waals surface area contributed by atoms with E-state index in [0.717, 1.165) is 5.69 Å². The molecule has 0 heterocycles. The summed E-state index contributed by atoms with van der Waals surface area (Å²) in [5.41, 5.74) is 0.802. The molecule has 1 aromatic rings. The Labute approximate surface area is 119 Å². The van der Waals surface area contributed by atoms with E-state index in [1.807, 2.05) is 11.8 Å². The van der Waals surface area contributed by atoms with Gasteiger partial charge in [0.1, 0.15) is 0 Å². The van der Waals surface area contributed by atoms with Crippen LogP contribution in [0.2, 0.25) is 0 Å². The van der Waals surface area contributed by atoms with Gasteiger partial charge in [0.15, 0.2) is 0 Å². The highest BCUT2D eigenvalue weighted by Crippen LogP contribution is 2.19. The van der Waals surface area contributed by atoms with E-state index in [9.17, 15) is 13.2 Å². The molecule has 0 aliphatic heterocycles. The van der Waals surface area contributed by atoms with Crippen LogP contribution in [0.4, 0.5) is 5.69 Å². The summed E-state index contributed by atoms with van der Waals surface area (Å²) in [4.78, 5) is 13.0. The van der Waals surface area contributed by atoms with Crippen molar-refractivity contribution in [1.29, 1.82) is 0 Å². The number of anilines is 1. The summed E-state index contributed by atoms with van der Waals surface area (Å²) in [7, 11) is -2.09. The number of hydrogen-bond donors (Lipinski definition) is 2. The number of rotatable bonds is 7. The highest BCUT2D eigenvalue weighted by Gasteiger charge is 2.16. The molecule has 112 valence electrons. The standard InChI is InChI=1S/C13H20N2O4S/c1-4-15(9-10(2)13(16)17)11-5-7-12(8-6-11)20(18,19)14-3/h5-8,10,14H,4,9H2,1-3H3,(H,16,17). The fourth-order valence-corrected chi connectivity index (χ4v) is 2.51. The Balaban J connectivity index is 2.93. The number of carboxylic acid groups (broad SMARTS) is 1. The van der Waals surface area contributed by atoms with Gasteiger partial charge in [-0.15, -0.1) is 0 Å². The van der Waals surface area contributed by atoms with Crippen LogP contribution in [0.25, 0.3) is 0 Å². The third-order valence-electron chi connectivity index (χ3n) is 3.08. The molecule has 0 radical (unpaired) electrons. The summed E-state index contributed by atoms with van der Waals surface area (Å²) in [6, 6.07) is 6.38. The monoisotopic (exact) mass is 300 g/mol. The van der Waals surface area contributed by atoms with Crippen LogP contribution in [0.5, 0.6) is 0 Å². The summed E-state index contributed by atoms with van der Waals surface area (Å²) in [5.74, 6) is -1.34. The first-order valence-electron chi connectivity index (χ1n) is 6.33. The fraction of sp³-hybridized carbons (Fsp3) is 0.462. The molecule has 0 bridgehead atoms. The Morgan fingerprint density at radius 2 is 1.90 bits per heavy atom. The van der Waals surface area contributed by atoms with E-state index in [2.05, 4.69) is 4.72 Å². The van der Waals surface area contributed by atoms with Crippen molar-refractivity contribution in [3.8, 4) is 0 Å². The van der Waals surface area contributed by atoms with E-state index >= 15 is 0 Å². The van der Waals surface area contributed by atoms with Crippen molar-refractivity contribution in [2.75, 3.05) is 25.0 Å². The molecule has 0 aliphatic rings. The number of nitrogens with one attached hydrogen (secondary N) is 1. The lowest BCUT2D eigenvalue weighted by molar-refractivity contribution is -0.140. The van der Waals surface area contributed by atoms with Crippen molar-refractivity contribution in [2.45, 2.75) is 18.7 Å². The van der Waals surface area contributed by atoms with Gasteiger partial charge in [0, 0.05) is 18.8 Å². The molecule has 7 heteroatoms. The van der Waals surface area contributed by atoms with Gasteiger partial charge in [-0.05, 0) is 38.2 Å². The van der Waals surface area contributed by atoms with Crippen LogP contribution in [-0.2, 0) is 14.8 Å². The molecule has 0 aliphatic carbocycles. The minimum Gasteiger partial charge on any atom is -0.481 e. The third-order valence-corrected chi connectivity index (χ3v) is 4.51. The van der Waals surface area contributed by atoms with E-state index in [-0.39, 0.29) is 4.90 Å².